The van der Waals surface area contributed by atoms with Crippen molar-refractivity contribution in [2.75, 3.05) is 7.11 Å². The Bertz CT molecular complexity index is 2320. The van der Waals surface area contributed by atoms with Crippen LogP contribution in [0.25, 0.3) is 53.9 Å². The highest BCUT2D eigenvalue weighted by molar-refractivity contribution is 6.11. The van der Waals surface area contributed by atoms with E-state index in [0.29, 0.717) is 0 Å². The zero-order valence-corrected chi connectivity index (χ0v) is 25.7. The highest BCUT2D eigenvalue weighted by atomic mass is 16.5. The van der Waals surface area contributed by atoms with Gasteiger partial charge < -0.3 is 9.47 Å². The minimum atomic E-state index is -0.635. The highest BCUT2D eigenvalue weighted by Crippen LogP contribution is 2.41. The summed E-state index contributed by atoms with van der Waals surface area (Å²) < 4.78 is 12.1. The maximum Gasteiger partial charge on any atom is 0.314 e. The quantitative estimate of drug-likeness (QED) is 0.141. The third kappa shape index (κ3) is 4.72. The van der Waals surface area contributed by atoms with E-state index < -0.39 is 12.0 Å². The van der Waals surface area contributed by atoms with Crippen molar-refractivity contribution in [3.63, 3.8) is 0 Å². The normalized spacial score (nSPS) is 12.3. The minimum Gasteiger partial charge on any atom is -0.497 e. The monoisotopic (exact) mass is 596 g/mol. The lowest BCUT2D eigenvalue weighted by molar-refractivity contribution is -0.148. The van der Waals surface area contributed by atoms with Crippen molar-refractivity contribution in [2.45, 2.75) is 18.9 Å². The Morgan fingerprint density at radius 2 is 0.978 bits per heavy atom. The molecule has 0 N–H and O–H groups in total. The van der Waals surface area contributed by atoms with Crippen LogP contribution in [0.2, 0.25) is 0 Å². The van der Waals surface area contributed by atoms with Crippen LogP contribution in [0.1, 0.15) is 35.6 Å². The summed E-state index contributed by atoms with van der Waals surface area (Å²) in [6, 6.07) is 50.2. The fourth-order valence-electron chi connectivity index (χ4n) is 6.89. The van der Waals surface area contributed by atoms with Gasteiger partial charge in [0.25, 0.3) is 0 Å². The second-order valence-corrected chi connectivity index (χ2v) is 12.0. The van der Waals surface area contributed by atoms with Crippen LogP contribution in [0.15, 0.2) is 146 Å². The first-order valence-electron chi connectivity index (χ1n) is 15.7. The fourth-order valence-corrected chi connectivity index (χ4v) is 6.89. The van der Waals surface area contributed by atoms with Crippen LogP contribution in [-0.4, -0.2) is 13.1 Å². The molecule has 3 nitrogen and oxygen atoms in total. The fraction of sp³-hybridized carbons (Fsp3) is 0.0930. The Labute approximate surface area is 267 Å². The minimum absolute atomic E-state index is 0.271. The topological polar surface area (TPSA) is 35.5 Å². The highest BCUT2D eigenvalue weighted by Gasteiger charge is 2.28. The number of carbonyl (C=O) groups is 1. The van der Waals surface area contributed by atoms with Gasteiger partial charge in [-0.3, -0.25) is 4.79 Å². The number of carbonyl (C=O) groups excluding carboxylic acids is 1. The molecule has 0 saturated heterocycles. The summed E-state index contributed by atoms with van der Waals surface area (Å²) in [5.41, 5.74) is 2.86. The molecule has 0 aliphatic carbocycles. The summed E-state index contributed by atoms with van der Waals surface area (Å²) in [7, 11) is 1.67. The van der Waals surface area contributed by atoms with Crippen molar-refractivity contribution < 1.29 is 14.3 Å². The molecule has 0 aliphatic rings. The molecule has 0 fully saturated rings. The Balaban J connectivity index is 1.32. The Morgan fingerprint density at radius 1 is 0.500 bits per heavy atom. The number of hydrogen-bond acceptors (Lipinski definition) is 3. The average molecular weight is 597 g/mol. The molecule has 222 valence electrons. The van der Waals surface area contributed by atoms with Crippen molar-refractivity contribution in [2.24, 2.45) is 0 Å². The van der Waals surface area contributed by atoms with Crippen LogP contribution in [0, 0.1) is 0 Å². The maximum atomic E-state index is 14.3. The summed E-state index contributed by atoms with van der Waals surface area (Å²) in [6.45, 7) is 1.93. The molecule has 0 spiro atoms. The summed E-state index contributed by atoms with van der Waals surface area (Å²) >= 11 is 0. The predicted molar refractivity (Wildman–Crippen MR) is 190 cm³/mol. The summed E-state index contributed by atoms with van der Waals surface area (Å²) in [6.07, 6.45) is -0.635. The van der Waals surface area contributed by atoms with Gasteiger partial charge in [0.2, 0.25) is 0 Å². The molecule has 0 amide bonds. The molecule has 3 heteroatoms. The van der Waals surface area contributed by atoms with Crippen molar-refractivity contribution in [1.29, 1.82) is 0 Å². The summed E-state index contributed by atoms with van der Waals surface area (Å²) in [4.78, 5) is 14.3. The molecule has 46 heavy (non-hydrogen) atoms. The molecule has 0 unspecified atom stereocenters. The molecule has 0 saturated carbocycles. The second kappa shape index (κ2) is 11.4. The van der Waals surface area contributed by atoms with E-state index >= 15 is 0 Å². The molecule has 0 heterocycles. The number of methoxy groups -OCH3 is 1. The molecule has 1 atom stereocenters. The molecule has 0 bridgehead atoms. The Hall–Kier alpha value is -5.67. The van der Waals surface area contributed by atoms with E-state index in [-0.39, 0.29) is 5.97 Å². The van der Waals surface area contributed by atoms with Gasteiger partial charge in [-0.05, 0) is 90.6 Å². The lowest BCUT2D eigenvalue weighted by atomic mass is 9.88. The van der Waals surface area contributed by atoms with Gasteiger partial charge in [-0.1, -0.05) is 121 Å². The van der Waals surface area contributed by atoms with Crippen LogP contribution in [0.3, 0.4) is 0 Å². The molecule has 8 aromatic carbocycles. The van der Waals surface area contributed by atoms with E-state index in [2.05, 4.69) is 115 Å². The standard InChI is InChI=1S/C43H32O3/c1-27(28-19-20-30-24-33(45-2)22-21-29(30)23-28)43(44)46-42(40-25-31-11-3-5-13-34(31)36-15-7-9-17-38(36)40)41-26-32-12-4-6-14-35(32)37-16-8-10-18-39(37)41/h3-27,42H,1-2H3/t27-/m0/s1. The van der Waals surface area contributed by atoms with Crippen molar-refractivity contribution in [3.8, 4) is 5.75 Å². The van der Waals surface area contributed by atoms with E-state index in [1.807, 2.05) is 37.3 Å². The zero-order chi connectivity index (χ0) is 31.2. The van der Waals surface area contributed by atoms with E-state index in [1.54, 1.807) is 7.11 Å². The largest absolute Gasteiger partial charge is 0.497 e. The van der Waals surface area contributed by atoms with Crippen molar-refractivity contribution in [1.82, 2.24) is 0 Å². The number of rotatable bonds is 6. The SMILES string of the molecule is COc1ccc2cc([C@H](C)C(=O)OC(c3cc4ccccc4c4ccccc34)c3cc4ccccc4c4ccccc34)ccc2c1. The first kappa shape index (κ1) is 27.8. The summed E-state index contributed by atoms with van der Waals surface area (Å²) in [5.74, 6) is 0.0561. The van der Waals surface area contributed by atoms with Crippen LogP contribution in [0.4, 0.5) is 0 Å². The lowest BCUT2D eigenvalue weighted by Gasteiger charge is -2.25. The molecule has 8 aromatic rings. The van der Waals surface area contributed by atoms with E-state index in [1.165, 1.54) is 10.8 Å². The molecule has 0 radical (unpaired) electrons. The Morgan fingerprint density at radius 3 is 1.54 bits per heavy atom. The third-order valence-electron chi connectivity index (χ3n) is 9.32. The average Bonchev–Trinajstić information content (AvgIpc) is 3.12. The molecule has 8 rings (SSSR count). The van der Waals surface area contributed by atoms with Crippen LogP contribution in [-0.2, 0) is 9.53 Å². The van der Waals surface area contributed by atoms with Crippen LogP contribution in [0.5, 0.6) is 5.75 Å². The van der Waals surface area contributed by atoms with E-state index in [4.69, 9.17) is 9.47 Å². The lowest BCUT2D eigenvalue weighted by Crippen LogP contribution is -2.18. The molecule has 0 aliphatic heterocycles. The van der Waals surface area contributed by atoms with Gasteiger partial charge in [0.05, 0.1) is 13.0 Å². The number of hydrogen-bond donors (Lipinski definition) is 0. The third-order valence-corrected chi connectivity index (χ3v) is 9.32. The van der Waals surface area contributed by atoms with Gasteiger partial charge >= 0.3 is 5.97 Å². The van der Waals surface area contributed by atoms with Crippen LogP contribution >= 0.6 is 0 Å². The zero-order valence-electron chi connectivity index (χ0n) is 25.7. The van der Waals surface area contributed by atoms with Gasteiger partial charge in [0.1, 0.15) is 5.75 Å². The van der Waals surface area contributed by atoms with Gasteiger partial charge in [-0.25, -0.2) is 0 Å². The van der Waals surface area contributed by atoms with E-state index in [9.17, 15) is 4.79 Å². The number of benzene rings is 8. The summed E-state index contributed by atoms with van der Waals surface area (Å²) in [5, 5.41) is 11.1. The predicted octanol–water partition coefficient (Wildman–Crippen LogP) is 10.9. The number of ether oxygens (including phenoxy) is 2. The van der Waals surface area contributed by atoms with Gasteiger partial charge in [0.15, 0.2) is 6.10 Å². The first-order valence-corrected chi connectivity index (χ1v) is 15.7. The number of esters is 1. The molecule has 0 aromatic heterocycles. The number of fused-ring (bicyclic) bond motifs is 7. The van der Waals surface area contributed by atoms with E-state index in [0.717, 1.165) is 65.5 Å². The maximum absolute atomic E-state index is 14.3. The first-order chi connectivity index (χ1) is 22.6. The smallest absolute Gasteiger partial charge is 0.314 e. The van der Waals surface area contributed by atoms with Gasteiger partial charge in [-0.15, -0.1) is 0 Å². The van der Waals surface area contributed by atoms with Gasteiger partial charge in [-0.2, -0.15) is 0 Å². The second-order valence-electron chi connectivity index (χ2n) is 12.0. The van der Waals surface area contributed by atoms with Gasteiger partial charge in [0, 0.05) is 11.1 Å². The van der Waals surface area contributed by atoms with Crippen LogP contribution < -0.4 is 4.74 Å². The Kier molecular flexibility index (Phi) is 6.88. The van der Waals surface area contributed by atoms with Crippen molar-refractivity contribution >= 4 is 59.8 Å². The molecular formula is C43H32O3. The molecular weight excluding hydrogens is 564 g/mol. The van der Waals surface area contributed by atoms with Crippen molar-refractivity contribution in [3.05, 3.63) is 162 Å².